The second-order valence-corrected chi connectivity index (χ2v) is 15.1. The summed E-state index contributed by atoms with van der Waals surface area (Å²) in [5.41, 5.74) is 10.8. The maximum Gasteiger partial charge on any atom is 0.159 e. The molecule has 6 nitrogen and oxygen atoms in total. The van der Waals surface area contributed by atoms with Gasteiger partial charge in [-0.2, -0.15) is 0 Å². The Bertz CT molecular complexity index is 3290. The highest BCUT2D eigenvalue weighted by Gasteiger charge is 2.30. The van der Waals surface area contributed by atoms with Crippen molar-refractivity contribution in [1.82, 2.24) is 19.8 Å². The predicted octanol–water partition coefficient (Wildman–Crippen LogP) is 12.2. The number of benzene rings is 7. The fourth-order valence-electron chi connectivity index (χ4n) is 9.34. The van der Waals surface area contributed by atoms with Gasteiger partial charge in [-0.05, 0) is 60.5 Å². The first-order valence-corrected chi connectivity index (χ1v) is 19.7. The number of nitrogens with zero attached hydrogens (tertiary/aromatic N) is 3. The molecule has 10 aromatic rings. The monoisotopic (exact) mass is 735 g/mol. The second kappa shape index (κ2) is 12.7. The van der Waals surface area contributed by atoms with Crippen molar-refractivity contribution >= 4 is 71.4 Å². The lowest BCUT2D eigenvalue weighted by atomic mass is 9.96. The first-order valence-electron chi connectivity index (χ1n) is 19.7. The SMILES string of the molecule is C1=CCC(C2=NC(c3ccccc3)NC(c3cccc4oc5c(-n6c7ccccc7c7cc8c9ccccc9n(-c9ccccc9)c8cc76)cccc5c34)N2)C=C1. The molecular formula is C51H37N5O. The summed E-state index contributed by atoms with van der Waals surface area (Å²) in [6.45, 7) is 0. The zero-order chi connectivity index (χ0) is 37.5. The van der Waals surface area contributed by atoms with E-state index in [1.54, 1.807) is 0 Å². The van der Waals surface area contributed by atoms with Crippen LogP contribution in [0.1, 0.15) is 29.9 Å². The minimum atomic E-state index is -0.198. The van der Waals surface area contributed by atoms with E-state index in [1.165, 1.54) is 32.6 Å². The van der Waals surface area contributed by atoms with Crippen molar-refractivity contribution in [2.24, 2.45) is 10.9 Å². The number of rotatable bonds is 5. The fourth-order valence-corrected chi connectivity index (χ4v) is 9.34. The molecule has 0 saturated carbocycles. The van der Waals surface area contributed by atoms with E-state index in [-0.39, 0.29) is 18.2 Å². The Balaban J connectivity index is 1.07. The van der Waals surface area contributed by atoms with Crippen molar-refractivity contribution in [3.8, 4) is 11.4 Å². The van der Waals surface area contributed by atoms with E-state index in [0.29, 0.717) is 0 Å². The first kappa shape index (κ1) is 32.1. The number of allylic oxidation sites excluding steroid dienone is 3. The first-order chi connectivity index (χ1) is 28.3. The molecule has 3 aromatic heterocycles. The Hall–Kier alpha value is -7.15. The van der Waals surface area contributed by atoms with Crippen LogP contribution in [-0.4, -0.2) is 15.0 Å². The van der Waals surface area contributed by atoms with Crippen molar-refractivity contribution in [3.05, 3.63) is 193 Å². The average Bonchev–Trinajstić information content (AvgIpc) is 3.94. The molecule has 2 N–H and O–H groups in total. The van der Waals surface area contributed by atoms with Gasteiger partial charge in [-0.3, -0.25) is 5.32 Å². The Kier molecular flexibility index (Phi) is 7.16. The molecule has 3 unspecified atom stereocenters. The molecule has 0 bridgehead atoms. The van der Waals surface area contributed by atoms with Gasteiger partial charge in [0.25, 0.3) is 0 Å². The van der Waals surface area contributed by atoms with E-state index >= 15 is 0 Å². The summed E-state index contributed by atoms with van der Waals surface area (Å²) >= 11 is 0. The summed E-state index contributed by atoms with van der Waals surface area (Å²) in [5.74, 6) is 1.17. The third-order valence-corrected chi connectivity index (χ3v) is 11.9. The Labute approximate surface area is 328 Å². The molecule has 57 heavy (non-hydrogen) atoms. The van der Waals surface area contributed by atoms with Crippen LogP contribution in [0.2, 0.25) is 0 Å². The molecule has 6 heteroatoms. The van der Waals surface area contributed by atoms with Crippen LogP contribution in [0.3, 0.4) is 0 Å². The number of fused-ring (bicyclic) bond motifs is 9. The molecule has 0 saturated heterocycles. The molecule has 7 aromatic carbocycles. The number of hydrogen-bond donors (Lipinski definition) is 2. The summed E-state index contributed by atoms with van der Waals surface area (Å²) in [7, 11) is 0. The Morgan fingerprint density at radius 3 is 2.04 bits per heavy atom. The molecular weight excluding hydrogens is 699 g/mol. The number of para-hydroxylation sites is 4. The van der Waals surface area contributed by atoms with Gasteiger partial charge in [-0.15, -0.1) is 0 Å². The van der Waals surface area contributed by atoms with E-state index in [0.717, 1.165) is 67.7 Å². The van der Waals surface area contributed by atoms with Crippen LogP contribution in [0.15, 0.2) is 191 Å². The topological polar surface area (TPSA) is 59.4 Å². The van der Waals surface area contributed by atoms with Gasteiger partial charge in [0.05, 0.1) is 27.8 Å². The van der Waals surface area contributed by atoms with E-state index in [1.807, 2.05) is 0 Å². The van der Waals surface area contributed by atoms with Crippen LogP contribution < -0.4 is 10.6 Å². The molecule has 1 aliphatic heterocycles. The van der Waals surface area contributed by atoms with Crippen LogP contribution in [-0.2, 0) is 0 Å². The highest BCUT2D eigenvalue weighted by Crippen LogP contribution is 2.43. The van der Waals surface area contributed by atoms with Crippen molar-refractivity contribution in [2.45, 2.75) is 18.8 Å². The highest BCUT2D eigenvalue weighted by atomic mass is 16.3. The number of hydrogen-bond acceptors (Lipinski definition) is 4. The average molecular weight is 736 g/mol. The van der Waals surface area contributed by atoms with Crippen molar-refractivity contribution in [2.75, 3.05) is 0 Å². The van der Waals surface area contributed by atoms with E-state index in [2.05, 4.69) is 202 Å². The number of nitrogens with one attached hydrogen (secondary N) is 2. The molecule has 0 amide bonds. The lowest BCUT2D eigenvalue weighted by Crippen LogP contribution is -2.47. The molecule has 1 aliphatic carbocycles. The lowest BCUT2D eigenvalue weighted by Gasteiger charge is -2.34. The molecule has 0 fully saturated rings. The summed E-state index contributed by atoms with van der Waals surface area (Å²) in [6, 6.07) is 56.4. The summed E-state index contributed by atoms with van der Waals surface area (Å²) in [6.07, 6.45) is 9.22. The zero-order valence-electron chi connectivity index (χ0n) is 31.0. The van der Waals surface area contributed by atoms with Crippen LogP contribution in [0.5, 0.6) is 0 Å². The van der Waals surface area contributed by atoms with Gasteiger partial charge < -0.3 is 18.9 Å². The quantitative estimate of drug-likeness (QED) is 0.185. The molecule has 4 heterocycles. The van der Waals surface area contributed by atoms with Gasteiger partial charge in [0.15, 0.2) is 5.58 Å². The van der Waals surface area contributed by atoms with Gasteiger partial charge in [-0.1, -0.05) is 133 Å². The van der Waals surface area contributed by atoms with Gasteiger partial charge in [0.1, 0.15) is 23.8 Å². The minimum Gasteiger partial charge on any atom is -0.454 e. The summed E-state index contributed by atoms with van der Waals surface area (Å²) in [4.78, 5) is 5.23. The highest BCUT2D eigenvalue weighted by molar-refractivity contribution is 6.20. The Morgan fingerprint density at radius 2 is 1.26 bits per heavy atom. The van der Waals surface area contributed by atoms with Crippen LogP contribution >= 0.6 is 0 Å². The number of aliphatic imine (C=N–C) groups is 1. The van der Waals surface area contributed by atoms with Crippen LogP contribution in [0, 0.1) is 5.92 Å². The molecule has 3 atom stereocenters. The number of furan rings is 1. The van der Waals surface area contributed by atoms with Crippen LogP contribution in [0.25, 0.3) is 76.9 Å². The maximum atomic E-state index is 6.99. The normalized spacial score (nSPS) is 18.3. The molecule has 2 aliphatic rings. The molecule has 0 spiro atoms. The smallest absolute Gasteiger partial charge is 0.159 e. The zero-order valence-corrected chi connectivity index (χ0v) is 31.0. The van der Waals surface area contributed by atoms with Gasteiger partial charge in [0.2, 0.25) is 0 Å². The summed E-state index contributed by atoms with van der Waals surface area (Å²) in [5, 5.41) is 14.7. The largest absolute Gasteiger partial charge is 0.454 e. The maximum absolute atomic E-state index is 6.99. The lowest BCUT2D eigenvalue weighted by molar-refractivity contribution is 0.401. The van der Waals surface area contributed by atoms with Crippen LogP contribution in [0.4, 0.5) is 0 Å². The van der Waals surface area contributed by atoms with Crippen molar-refractivity contribution < 1.29 is 4.42 Å². The third kappa shape index (κ3) is 4.97. The fraction of sp³-hybridized carbons (Fsp3) is 0.0784. The van der Waals surface area contributed by atoms with E-state index in [9.17, 15) is 0 Å². The van der Waals surface area contributed by atoms with Gasteiger partial charge in [0, 0.05) is 49.5 Å². The van der Waals surface area contributed by atoms with Gasteiger partial charge >= 0.3 is 0 Å². The number of aromatic nitrogens is 2. The summed E-state index contributed by atoms with van der Waals surface area (Å²) < 4.78 is 11.8. The van der Waals surface area contributed by atoms with E-state index < -0.39 is 0 Å². The van der Waals surface area contributed by atoms with Crippen molar-refractivity contribution in [1.29, 1.82) is 0 Å². The van der Waals surface area contributed by atoms with Gasteiger partial charge in [-0.25, -0.2) is 4.99 Å². The number of amidine groups is 1. The molecule has 272 valence electrons. The second-order valence-electron chi connectivity index (χ2n) is 15.1. The van der Waals surface area contributed by atoms with E-state index in [4.69, 9.17) is 9.41 Å². The third-order valence-electron chi connectivity index (χ3n) is 11.9. The molecule has 0 radical (unpaired) electrons. The van der Waals surface area contributed by atoms with Crippen molar-refractivity contribution in [3.63, 3.8) is 0 Å². The minimum absolute atomic E-state index is 0.181. The Morgan fingerprint density at radius 1 is 0.579 bits per heavy atom. The standard InChI is InChI=1S/C51H37N5O/c1-4-16-32(17-5-1)49-52-50(33-18-6-2-7-19-33)54-51(53-49)38-25-15-29-46-47(38)37-24-14-28-43(48(37)57-46)56-42-27-13-11-23-36(42)40-30-39-35-22-10-12-26-41(35)55(44(39)31-45(40)56)34-20-8-3-9-21-34/h1-18,20-31,33,49,51,53H,19H2,(H,52,54). The molecule has 12 rings (SSSR count). The predicted molar refractivity (Wildman–Crippen MR) is 234 cm³/mol.